The van der Waals surface area contributed by atoms with Crippen LogP contribution in [0.15, 0.2) is 51.0 Å². The fourth-order valence-electron chi connectivity index (χ4n) is 2.00. The van der Waals surface area contributed by atoms with E-state index in [1.807, 2.05) is 13.0 Å². The lowest BCUT2D eigenvalue weighted by Crippen LogP contribution is -2.10. The predicted molar refractivity (Wildman–Crippen MR) is 98.6 cm³/mol. The van der Waals surface area contributed by atoms with E-state index in [0.29, 0.717) is 20.1 Å². The highest BCUT2D eigenvalue weighted by atomic mass is 79.9. The third kappa shape index (κ3) is 4.52. The summed E-state index contributed by atoms with van der Waals surface area (Å²) in [6.45, 7) is 3.25. The maximum Gasteiger partial charge on any atom is 0.343 e. The Morgan fingerprint density at radius 3 is 2.58 bits per heavy atom. The Morgan fingerprint density at radius 2 is 1.96 bits per heavy atom. The van der Waals surface area contributed by atoms with Crippen LogP contribution in [0.3, 0.4) is 0 Å². The Labute approximate surface area is 155 Å². The number of ether oxygens (including phenoxy) is 1. The smallest absolute Gasteiger partial charge is 0.343 e. The van der Waals surface area contributed by atoms with Gasteiger partial charge in [-0.3, -0.25) is 10.1 Å². The van der Waals surface area contributed by atoms with Gasteiger partial charge in [0.15, 0.2) is 5.75 Å². The highest BCUT2D eigenvalue weighted by Crippen LogP contribution is 2.35. The minimum atomic E-state index is -0.532. The molecule has 0 aromatic heterocycles. The van der Waals surface area contributed by atoms with Gasteiger partial charge in [-0.2, -0.15) is 0 Å². The molecule has 7 heteroatoms. The van der Waals surface area contributed by atoms with E-state index in [1.54, 1.807) is 30.3 Å². The number of carbonyl (C=O) groups is 1. The van der Waals surface area contributed by atoms with Gasteiger partial charge in [0.1, 0.15) is 0 Å². The standard InChI is InChI=1S/C17H13Br2NO4/c1-10-4-3-5-12(6-10)17(21)24-16-13(7-11(2)20(22)23)8-14(18)9-15(16)19/h3-9H,1-2H3/b11-7+. The monoisotopic (exact) mass is 453 g/mol. The third-order valence-electron chi connectivity index (χ3n) is 3.14. The Bertz CT molecular complexity index is 846. The second kappa shape index (κ2) is 7.72. The van der Waals surface area contributed by atoms with E-state index in [0.717, 1.165) is 5.56 Å². The van der Waals surface area contributed by atoms with Gasteiger partial charge in [0, 0.05) is 23.0 Å². The zero-order valence-corrected chi connectivity index (χ0v) is 16.0. The summed E-state index contributed by atoms with van der Waals surface area (Å²) in [5.74, 6) is -0.305. The Balaban J connectivity index is 2.44. The topological polar surface area (TPSA) is 69.4 Å². The molecule has 2 aromatic rings. The van der Waals surface area contributed by atoms with Crippen molar-refractivity contribution in [2.75, 3.05) is 0 Å². The van der Waals surface area contributed by atoms with Crippen LogP contribution in [0.2, 0.25) is 0 Å². The number of benzene rings is 2. The second-order valence-electron chi connectivity index (χ2n) is 5.11. The molecule has 24 heavy (non-hydrogen) atoms. The van der Waals surface area contributed by atoms with Gasteiger partial charge in [-0.25, -0.2) is 4.79 Å². The summed E-state index contributed by atoms with van der Waals surface area (Å²) in [7, 11) is 0. The van der Waals surface area contributed by atoms with Crippen LogP contribution in [0.5, 0.6) is 5.75 Å². The van der Waals surface area contributed by atoms with E-state index < -0.39 is 10.9 Å². The average Bonchev–Trinajstić information content (AvgIpc) is 2.50. The Hall–Kier alpha value is -1.99. The van der Waals surface area contributed by atoms with Gasteiger partial charge in [-0.15, -0.1) is 0 Å². The van der Waals surface area contributed by atoms with E-state index in [2.05, 4.69) is 31.9 Å². The minimum absolute atomic E-state index is 0.0622. The van der Waals surface area contributed by atoms with Gasteiger partial charge in [0.25, 0.3) is 0 Å². The SMILES string of the molecule is C/C(=C\c1cc(Br)cc(Br)c1OC(=O)c1cccc(C)c1)[N+](=O)[O-]. The normalized spacial score (nSPS) is 11.2. The van der Waals surface area contributed by atoms with Gasteiger partial charge >= 0.3 is 5.97 Å². The molecule has 0 aliphatic heterocycles. The number of allylic oxidation sites excluding steroid dienone is 1. The van der Waals surface area contributed by atoms with Gasteiger partial charge in [0.2, 0.25) is 5.70 Å². The number of hydrogen-bond donors (Lipinski definition) is 0. The molecule has 0 N–H and O–H groups in total. The molecule has 2 aromatic carbocycles. The van der Waals surface area contributed by atoms with Crippen LogP contribution in [0.4, 0.5) is 0 Å². The van der Waals surface area contributed by atoms with E-state index in [1.165, 1.54) is 13.0 Å². The van der Waals surface area contributed by atoms with Gasteiger partial charge in [0.05, 0.1) is 15.0 Å². The number of aryl methyl sites for hydroxylation is 1. The summed E-state index contributed by atoms with van der Waals surface area (Å²) in [5.41, 5.74) is 1.70. The van der Waals surface area contributed by atoms with Crippen LogP contribution in [0, 0.1) is 17.0 Å². The lowest BCUT2D eigenvalue weighted by atomic mass is 10.1. The molecule has 0 amide bonds. The number of esters is 1. The summed E-state index contributed by atoms with van der Waals surface area (Å²) in [6.07, 6.45) is 1.36. The number of carbonyl (C=O) groups excluding carboxylic acids is 1. The molecule has 0 heterocycles. The maximum absolute atomic E-state index is 12.4. The van der Waals surface area contributed by atoms with E-state index >= 15 is 0 Å². The summed E-state index contributed by atoms with van der Waals surface area (Å²) >= 11 is 6.66. The fraction of sp³-hybridized carbons (Fsp3) is 0.118. The molecule has 124 valence electrons. The Kier molecular flexibility index (Phi) is 5.90. The van der Waals surface area contributed by atoms with E-state index in [-0.39, 0.29) is 11.4 Å². The molecule has 0 radical (unpaired) electrons. The molecule has 0 spiro atoms. The molecule has 0 saturated heterocycles. The number of nitro groups is 1. The first-order valence-corrected chi connectivity index (χ1v) is 8.47. The lowest BCUT2D eigenvalue weighted by molar-refractivity contribution is -0.422. The van der Waals surface area contributed by atoms with Crippen LogP contribution in [-0.4, -0.2) is 10.9 Å². The summed E-state index contributed by atoms with van der Waals surface area (Å²) in [6, 6.07) is 10.4. The third-order valence-corrected chi connectivity index (χ3v) is 4.18. The average molecular weight is 455 g/mol. The molecular formula is C17H13Br2NO4. The maximum atomic E-state index is 12.4. The minimum Gasteiger partial charge on any atom is -0.421 e. The van der Waals surface area contributed by atoms with Crippen LogP contribution < -0.4 is 4.74 Å². The van der Waals surface area contributed by atoms with E-state index in [4.69, 9.17) is 4.74 Å². The second-order valence-corrected chi connectivity index (χ2v) is 6.88. The molecule has 0 bridgehead atoms. The van der Waals surface area contributed by atoms with Crippen LogP contribution in [-0.2, 0) is 0 Å². The van der Waals surface area contributed by atoms with Gasteiger partial charge in [-0.05, 0) is 47.1 Å². The fourth-order valence-corrected chi connectivity index (χ4v) is 3.34. The quantitative estimate of drug-likeness (QED) is 0.269. The number of nitrogens with zero attached hydrogens (tertiary/aromatic N) is 1. The first-order chi connectivity index (χ1) is 11.3. The van der Waals surface area contributed by atoms with Crippen molar-refractivity contribution >= 4 is 43.9 Å². The van der Waals surface area contributed by atoms with Gasteiger partial charge in [-0.1, -0.05) is 33.6 Å². The van der Waals surface area contributed by atoms with Crippen molar-refractivity contribution in [2.24, 2.45) is 0 Å². The van der Waals surface area contributed by atoms with E-state index in [9.17, 15) is 14.9 Å². The molecule has 0 unspecified atom stereocenters. The van der Waals surface area contributed by atoms with Crippen molar-refractivity contribution in [1.82, 2.24) is 0 Å². The number of rotatable bonds is 4. The summed E-state index contributed by atoms with van der Waals surface area (Å²) in [5, 5.41) is 10.9. The molecule has 0 atom stereocenters. The van der Waals surface area contributed by atoms with Crippen LogP contribution >= 0.6 is 31.9 Å². The zero-order chi connectivity index (χ0) is 17.9. The van der Waals surface area contributed by atoms with Crippen molar-refractivity contribution in [3.63, 3.8) is 0 Å². The Morgan fingerprint density at radius 1 is 1.25 bits per heavy atom. The number of hydrogen-bond acceptors (Lipinski definition) is 4. The van der Waals surface area contributed by atoms with Crippen molar-refractivity contribution in [3.8, 4) is 5.75 Å². The lowest BCUT2D eigenvalue weighted by Gasteiger charge is -2.11. The van der Waals surface area contributed by atoms with Crippen molar-refractivity contribution in [3.05, 3.63) is 77.8 Å². The first-order valence-electron chi connectivity index (χ1n) is 6.88. The molecule has 0 saturated carbocycles. The summed E-state index contributed by atoms with van der Waals surface area (Å²) < 4.78 is 6.69. The molecule has 0 aliphatic carbocycles. The summed E-state index contributed by atoms with van der Waals surface area (Å²) in [4.78, 5) is 22.7. The molecule has 0 aliphatic rings. The van der Waals surface area contributed by atoms with Crippen LogP contribution in [0.25, 0.3) is 6.08 Å². The zero-order valence-electron chi connectivity index (χ0n) is 12.9. The highest BCUT2D eigenvalue weighted by Gasteiger charge is 2.16. The predicted octanol–water partition coefficient (Wildman–Crippen LogP) is 5.38. The highest BCUT2D eigenvalue weighted by molar-refractivity contribution is 9.11. The van der Waals surface area contributed by atoms with Crippen molar-refractivity contribution in [2.45, 2.75) is 13.8 Å². The molecule has 5 nitrogen and oxygen atoms in total. The van der Waals surface area contributed by atoms with Gasteiger partial charge < -0.3 is 4.74 Å². The van der Waals surface area contributed by atoms with Crippen LogP contribution in [0.1, 0.15) is 28.4 Å². The number of halogens is 2. The van der Waals surface area contributed by atoms with Crippen molar-refractivity contribution in [1.29, 1.82) is 0 Å². The van der Waals surface area contributed by atoms with Crippen molar-refractivity contribution < 1.29 is 14.5 Å². The molecular weight excluding hydrogens is 442 g/mol. The molecule has 2 rings (SSSR count). The first kappa shape index (κ1) is 18.4. The largest absolute Gasteiger partial charge is 0.421 e. The molecule has 0 fully saturated rings.